The molecule has 2 aliphatic heterocycles. The number of epoxide rings is 1. The lowest BCUT2D eigenvalue weighted by Gasteiger charge is -2.38. The maximum atomic E-state index is 11.2. The predicted octanol–water partition coefficient (Wildman–Crippen LogP) is 1.30. The second-order valence-electron chi connectivity index (χ2n) is 4.83. The van der Waals surface area contributed by atoms with Crippen LogP contribution in [0.3, 0.4) is 0 Å². The number of hydrogen-bond acceptors (Lipinski definition) is 3. The fraction of sp³-hybridized carbons (Fsp3) is 0.900. The van der Waals surface area contributed by atoms with Crippen LogP contribution in [-0.4, -0.2) is 29.7 Å². The zero-order valence-corrected chi connectivity index (χ0v) is 8.42. The van der Waals surface area contributed by atoms with E-state index in [2.05, 4.69) is 0 Å². The Labute approximate surface area is 78.4 Å². The number of ether oxygens (including phenoxy) is 2. The Balaban J connectivity index is 2.12. The van der Waals surface area contributed by atoms with Crippen LogP contribution in [0.1, 0.15) is 33.6 Å². The molecule has 0 aromatic carbocycles. The van der Waals surface area contributed by atoms with Gasteiger partial charge < -0.3 is 9.47 Å². The molecular weight excluding hydrogens is 168 g/mol. The number of hydrogen-bond donors (Lipinski definition) is 0. The van der Waals surface area contributed by atoms with E-state index < -0.39 is 0 Å². The Hall–Kier alpha value is -0.410. The van der Waals surface area contributed by atoms with Gasteiger partial charge in [0.1, 0.15) is 6.10 Å². The molecule has 0 N–H and O–H groups in total. The Morgan fingerprint density at radius 1 is 1.46 bits per heavy atom. The van der Waals surface area contributed by atoms with Crippen molar-refractivity contribution in [2.45, 2.75) is 50.9 Å². The summed E-state index contributed by atoms with van der Waals surface area (Å²) in [6, 6.07) is 0. The van der Waals surface area contributed by atoms with Crippen molar-refractivity contribution in [3.05, 3.63) is 0 Å². The molecule has 2 fully saturated rings. The van der Waals surface area contributed by atoms with Crippen molar-refractivity contribution in [2.75, 3.05) is 6.61 Å². The highest BCUT2D eigenvalue weighted by Gasteiger charge is 2.54. The third-order valence-corrected chi connectivity index (χ3v) is 2.77. The molecule has 2 heterocycles. The van der Waals surface area contributed by atoms with Crippen molar-refractivity contribution >= 4 is 5.78 Å². The maximum Gasteiger partial charge on any atom is 0.158 e. The second kappa shape index (κ2) is 2.55. The summed E-state index contributed by atoms with van der Waals surface area (Å²) < 4.78 is 11.1. The molecule has 0 radical (unpaired) electrons. The molecule has 1 spiro atoms. The van der Waals surface area contributed by atoms with Gasteiger partial charge >= 0.3 is 0 Å². The molecule has 13 heavy (non-hydrogen) atoms. The Bertz CT molecular complexity index is 235. The van der Waals surface area contributed by atoms with Crippen molar-refractivity contribution in [1.29, 1.82) is 0 Å². The SMILES string of the molecule is CC(=O)[C@@H]1C[C@]2(CO2)CC(C)(C)O1. The van der Waals surface area contributed by atoms with E-state index in [-0.39, 0.29) is 23.1 Å². The normalized spacial score (nSPS) is 41.9. The van der Waals surface area contributed by atoms with E-state index in [4.69, 9.17) is 9.47 Å². The average Bonchev–Trinajstić information content (AvgIpc) is 2.64. The molecule has 2 rings (SSSR count). The summed E-state index contributed by atoms with van der Waals surface area (Å²) in [7, 11) is 0. The summed E-state index contributed by atoms with van der Waals surface area (Å²) in [5.41, 5.74) is -0.247. The molecule has 0 unspecified atom stereocenters. The van der Waals surface area contributed by atoms with E-state index in [1.54, 1.807) is 6.92 Å². The standard InChI is InChI=1S/C10H16O3/c1-7(11)8-4-10(6-12-10)5-9(2,3)13-8/h8H,4-6H2,1-3H3/t8-,10+/m0/s1. The van der Waals surface area contributed by atoms with Gasteiger partial charge in [0, 0.05) is 12.8 Å². The second-order valence-corrected chi connectivity index (χ2v) is 4.83. The summed E-state index contributed by atoms with van der Waals surface area (Å²) in [4.78, 5) is 11.2. The quantitative estimate of drug-likeness (QED) is 0.577. The monoisotopic (exact) mass is 184 g/mol. The molecule has 0 saturated carbocycles. The summed E-state index contributed by atoms with van der Waals surface area (Å²) in [5.74, 6) is 0.114. The highest BCUT2D eigenvalue weighted by atomic mass is 16.6. The fourth-order valence-corrected chi connectivity index (χ4v) is 2.20. The van der Waals surface area contributed by atoms with Gasteiger partial charge in [-0.2, -0.15) is 0 Å². The van der Waals surface area contributed by atoms with Crippen LogP contribution in [0, 0.1) is 0 Å². The van der Waals surface area contributed by atoms with Crippen LogP contribution in [0.15, 0.2) is 0 Å². The lowest BCUT2D eigenvalue weighted by molar-refractivity contribution is -0.157. The van der Waals surface area contributed by atoms with Crippen molar-refractivity contribution in [2.24, 2.45) is 0 Å². The van der Waals surface area contributed by atoms with Crippen LogP contribution >= 0.6 is 0 Å². The first-order valence-electron chi connectivity index (χ1n) is 4.75. The van der Waals surface area contributed by atoms with Gasteiger partial charge in [-0.25, -0.2) is 0 Å². The predicted molar refractivity (Wildman–Crippen MR) is 47.6 cm³/mol. The average molecular weight is 184 g/mol. The summed E-state index contributed by atoms with van der Waals surface area (Å²) in [6.45, 7) is 6.42. The Kier molecular flexibility index (Phi) is 1.79. The van der Waals surface area contributed by atoms with E-state index in [1.165, 1.54) is 0 Å². The number of Topliss-reactive ketones (excluding diaryl/α,β-unsaturated/α-hetero) is 1. The summed E-state index contributed by atoms with van der Waals surface area (Å²) in [6.07, 6.45) is 1.39. The van der Waals surface area contributed by atoms with Crippen LogP contribution < -0.4 is 0 Å². The fourth-order valence-electron chi connectivity index (χ4n) is 2.20. The van der Waals surface area contributed by atoms with E-state index >= 15 is 0 Å². The van der Waals surface area contributed by atoms with Gasteiger partial charge in [0.25, 0.3) is 0 Å². The molecule has 2 atom stereocenters. The minimum Gasteiger partial charge on any atom is -0.369 e. The zero-order chi connectivity index (χ0) is 9.69. The minimum absolute atomic E-state index is 0.0297. The lowest BCUT2D eigenvalue weighted by atomic mass is 9.85. The van der Waals surface area contributed by atoms with Crippen molar-refractivity contribution in [3.8, 4) is 0 Å². The number of carbonyl (C=O) groups excluding carboxylic acids is 1. The van der Waals surface area contributed by atoms with E-state index in [0.717, 1.165) is 19.4 Å². The topological polar surface area (TPSA) is 38.8 Å². The maximum absolute atomic E-state index is 11.2. The number of rotatable bonds is 1. The third kappa shape index (κ3) is 1.76. The lowest BCUT2D eigenvalue weighted by Crippen LogP contribution is -2.46. The van der Waals surface area contributed by atoms with Crippen molar-refractivity contribution < 1.29 is 14.3 Å². The zero-order valence-electron chi connectivity index (χ0n) is 8.42. The largest absolute Gasteiger partial charge is 0.369 e. The first-order chi connectivity index (χ1) is 5.93. The number of carbonyl (C=O) groups is 1. The molecule has 3 heteroatoms. The van der Waals surface area contributed by atoms with E-state index in [9.17, 15) is 4.79 Å². The van der Waals surface area contributed by atoms with Gasteiger partial charge in [-0.15, -0.1) is 0 Å². The third-order valence-electron chi connectivity index (χ3n) is 2.77. The molecule has 74 valence electrons. The van der Waals surface area contributed by atoms with Crippen LogP contribution in [-0.2, 0) is 14.3 Å². The van der Waals surface area contributed by atoms with Crippen molar-refractivity contribution in [1.82, 2.24) is 0 Å². The molecule has 2 saturated heterocycles. The van der Waals surface area contributed by atoms with Crippen LogP contribution in [0.25, 0.3) is 0 Å². The van der Waals surface area contributed by atoms with Crippen molar-refractivity contribution in [3.63, 3.8) is 0 Å². The first kappa shape index (κ1) is 9.16. The van der Waals surface area contributed by atoms with Gasteiger partial charge in [0.05, 0.1) is 17.8 Å². The van der Waals surface area contributed by atoms with Crippen LogP contribution in [0.2, 0.25) is 0 Å². The Morgan fingerprint density at radius 3 is 2.54 bits per heavy atom. The highest BCUT2D eigenvalue weighted by molar-refractivity contribution is 5.80. The summed E-state index contributed by atoms with van der Waals surface area (Å²) in [5, 5.41) is 0. The smallest absolute Gasteiger partial charge is 0.158 e. The molecule has 2 aliphatic rings. The molecular formula is C10H16O3. The molecule has 0 aromatic heterocycles. The van der Waals surface area contributed by atoms with Crippen LogP contribution in [0.5, 0.6) is 0 Å². The Morgan fingerprint density at radius 2 is 2.08 bits per heavy atom. The first-order valence-corrected chi connectivity index (χ1v) is 4.75. The van der Waals surface area contributed by atoms with E-state index in [1.807, 2.05) is 13.8 Å². The molecule has 3 nitrogen and oxygen atoms in total. The van der Waals surface area contributed by atoms with Crippen LogP contribution in [0.4, 0.5) is 0 Å². The molecule has 0 aliphatic carbocycles. The van der Waals surface area contributed by atoms with Gasteiger partial charge in [-0.05, 0) is 20.8 Å². The molecule has 0 aromatic rings. The van der Waals surface area contributed by atoms with Gasteiger partial charge in [0.15, 0.2) is 5.78 Å². The highest BCUT2D eigenvalue weighted by Crippen LogP contribution is 2.45. The summed E-state index contributed by atoms with van der Waals surface area (Å²) >= 11 is 0. The molecule has 0 amide bonds. The number of ketones is 1. The van der Waals surface area contributed by atoms with Gasteiger partial charge in [0.2, 0.25) is 0 Å². The minimum atomic E-state index is -0.258. The molecule has 0 bridgehead atoms. The van der Waals surface area contributed by atoms with E-state index in [0.29, 0.717) is 0 Å². The van der Waals surface area contributed by atoms with Gasteiger partial charge in [-0.3, -0.25) is 4.79 Å². The van der Waals surface area contributed by atoms with Gasteiger partial charge in [-0.1, -0.05) is 0 Å².